The van der Waals surface area contributed by atoms with Gasteiger partial charge in [0.05, 0.1) is 0 Å². The smallest absolute Gasteiger partial charge is 0.164 e. The molecule has 0 aliphatic rings. The van der Waals surface area contributed by atoms with Gasteiger partial charge in [0.1, 0.15) is 11.2 Å². The van der Waals surface area contributed by atoms with Gasteiger partial charge in [0.25, 0.3) is 0 Å². The minimum atomic E-state index is 0.576. The molecule has 0 aliphatic carbocycles. The number of hydrogen-bond donors (Lipinski definition) is 0. The van der Waals surface area contributed by atoms with Crippen LogP contribution in [0.2, 0.25) is 0 Å². The Morgan fingerprint density at radius 3 is 1.31 bits per heavy atom. The summed E-state index contributed by atoms with van der Waals surface area (Å²) in [5, 5.41) is 4.17. The second-order valence-corrected chi connectivity index (χ2v) is 16.3. The molecule has 2 heterocycles. The van der Waals surface area contributed by atoms with Crippen molar-refractivity contribution in [3.8, 4) is 89.8 Å². The summed E-state index contributed by atoms with van der Waals surface area (Å²) in [5.74, 6) is 1.77. The van der Waals surface area contributed by atoms with Crippen LogP contribution >= 0.6 is 0 Å². The Labute approximate surface area is 376 Å². The topological polar surface area (TPSA) is 51.8 Å². The maximum atomic E-state index is 6.78. The van der Waals surface area contributed by atoms with Gasteiger partial charge in [-0.25, -0.2) is 15.0 Å². The Kier molecular flexibility index (Phi) is 9.46. The lowest BCUT2D eigenvalue weighted by atomic mass is 9.95. The number of benzene rings is 10. The molecule has 4 nitrogen and oxygen atoms in total. The second kappa shape index (κ2) is 16.2. The molecular weight excluding hydrogens is 791 g/mol. The summed E-state index contributed by atoms with van der Waals surface area (Å²) in [6.07, 6.45) is 0. The molecule has 0 amide bonds. The van der Waals surface area contributed by atoms with E-state index in [4.69, 9.17) is 19.4 Å². The van der Waals surface area contributed by atoms with Gasteiger partial charge in [-0.05, 0) is 73.0 Å². The van der Waals surface area contributed by atoms with Crippen LogP contribution in [0.4, 0.5) is 0 Å². The van der Waals surface area contributed by atoms with Crippen LogP contribution in [0.1, 0.15) is 0 Å². The van der Waals surface area contributed by atoms with E-state index >= 15 is 0 Å². The van der Waals surface area contributed by atoms with Crippen molar-refractivity contribution in [3.63, 3.8) is 0 Å². The molecule has 0 N–H and O–H groups in total. The number of para-hydroxylation sites is 1. The molecule has 0 unspecified atom stereocenters. The van der Waals surface area contributed by atoms with Crippen LogP contribution in [0.3, 0.4) is 0 Å². The number of aromatic nitrogens is 3. The zero-order valence-corrected chi connectivity index (χ0v) is 35.3. The predicted molar refractivity (Wildman–Crippen MR) is 268 cm³/mol. The van der Waals surface area contributed by atoms with Crippen molar-refractivity contribution in [2.75, 3.05) is 0 Å². The van der Waals surface area contributed by atoms with Crippen molar-refractivity contribution in [1.29, 1.82) is 0 Å². The summed E-state index contributed by atoms with van der Waals surface area (Å²) < 4.78 is 6.78. The van der Waals surface area contributed by atoms with E-state index in [0.29, 0.717) is 17.5 Å². The Bertz CT molecular complexity index is 3670. The molecule has 10 aromatic carbocycles. The number of rotatable bonds is 8. The molecule has 0 spiro atoms. The third-order valence-corrected chi connectivity index (χ3v) is 12.4. The normalized spacial score (nSPS) is 11.4. The van der Waals surface area contributed by atoms with Crippen molar-refractivity contribution in [2.45, 2.75) is 0 Å². The molecule has 65 heavy (non-hydrogen) atoms. The van der Waals surface area contributed by atoms with E-state index in [-0.39, 0.29) is 0 Å². The largest absolute Gasteiger partial charge is 0.455 e. The van der Waals surface area contributed by atoms with E-state index in [9.17, 15) is 0 Å². The van der Waals surface area contributed by atoms with E-state index in [1.807, 2.05) is 24.3 Å². The van der Waals surface area contributed by atoms with Crippen LogP contribution in [0.15, 0.2) is 241 Å². The zero-order valence-electron chi connectivity index (χ0n) is 35.3. The average Bonchev–Trinajstić information content (AvgIpc) is 3.79. The zero-order chi connectivity index (χ0) is 43.1. The van der Waals surface area contributed by atoms with Gasteiger partial charge < -0.3 is 4.42 Å². The first-order valence-corrected chi connectivity index (χ1v) is 21.9. The quantitative estimate of drug-likeness (QED) is 0.153. The number of nitrogens with zero attached hydrogens (tertiary/aromatic N) is 3. The summed E-state index contributed by atoms with van der Waals surface area (Å²) in [6, 6.07) is 82.8. The SMILES string of the molecule is c1ccc(-c2ccc(-c3cccc4c3oc3cccc(-c5nc(-c6ccc(-c7cccc(-c8ccccc8)c7)cc6)nc(-c6cccc7c(-c8ccccc8)cccc67)n5)c34)cc2)cc1. The van der Waals surface area contributed by atoms with Crippen LogP contribution in [0, 0.1) is 0 Å². The van der Waals surface area contributed by atoms with E-state index in [1.165, 1.54) is 22.3 Å². The van der Waals surface area contributed by atoms with Crippen LogP contribution in [0.5, 0.6) is 0 Å². The molecule has 12 rings (SSSR count). The lowest BCUT2D eigenvalue weighted by Gasteiger charge is -2.13. The van der Waals surface area contributed by atoms with E-state index in [2.05, 4.69) is 212 Å². The van der Waals surface area contributed by atoms with Crippen molar-refractivity contribution in [1.82, 2.24) is 15.0 Å². The lowest BCUT2D eigenvalue weighted by molar-refractivity contribution is 0.670. The highest BCUT2D eigenvalue weighted by Gasteiger charge is 2.21. The Hall–Kier alpha value is -8.73. The Balaban J connectivity index is 1.01. The summed E-state index contributed by atoms with van der Waals surface area (Å²) in [5.41, 5.74) is 15.7. The minimum Gasteiger partial charge on any atom is -0.455 e. The van der Waals surface area contributed by atoms with Gasteiger partial charge in [0.2, 0.25) is 0 Å². The fraction of sp³-hybridized carbons (Fsp3) is 0. The van der Waals surface area contributed by atoms with Gasteiger partial charge in [-0.2, -0.15) is 0 Å². The molecule has 0 saturated carbocycles. The van der Waals surface area contributed by atoms with Gasteiger partial charge in [-0.15, -0.1) is 0 Å². The predicted octanol–water partition coefficient (Wildman–Crippen LogP) is 16.3. The molecule has 4 heteroatoms. The highest BCUT2D eigenvalue weighted by Crippen LogP contribution is 2.42. The Morgan fingerprint density at radius 2 is 0.646 bits per heavy atom. The summed E-state index contributed by atoms with van der Waals surface area (Å²) >= 11 is 0. The molecule has 0 aliphatic heterocycles. The van der Waals surface area contributed by atoms with Crippen LogP contribution in [0.25, 0.3) is 123 Å². The highest BCUT2D eigenvalue weighted by molar-refractivity contribution is 6.15. The number of hydrogen-bond acceptors (Lipinski definition) is 4. The molecule has 12 aromatic rings. The van der Waals surface area contributed by atoms with Crippen molar-refractivity contribution in [3.05, 3.63) is 237 Å². The molecule has 0 fully saturated rings. The highest BCUT2D eigenvalue weighted by atomic mass is 16.3. The summed E-state index contributed by atoms with van der Waals surface area (Å²) in [4.78, 5) is 15.9. The maximum absolute atomic E-state index is 6.78. The summed E-state index contributed by atoms with van der Waals surface area (Å²) in [7, 11) is 0. The lowest BCUT2D eigenvalue weighted by Crippen LogP contribution is -2.01. The monoisotopic (exact) mass is 829 g/mol. The standard InChI is InChI=1S/C61H39N3O/c1-4-15-40(16-5-1)42-31-35-45(36-32-42)50-24-12-28-54-57-55(29-14-30-56(57)65-58(50)54)61-63-59(46-37-33-43(34-38-46)48-22-10-21-47(39-48)41-17-6-2-7-18-41)62-60(64-61)53-27-13-25-51-49(23-11-26-52(51)53)44-19-8-3-9-20-44/h1-39H. The molecule has 0 bridgehead atoms. The minimum absolute atomic E-state index is 0.576. The van der Waals surface area contributed by atoms with E-state index in [0.717, 1.165) is 82.8 Å². The fourth-order valence-corrected chi connectivity index (χ4v) is 9.18. The van der Waals surface area contributed by atoms with Gasteiger partial charge in [-0.1, -0.05) is 224 Å². The average molecular weight is 830 g/mol. The third-order valence-electron chi connectivity index (χ3n) is 12.4. The van der Waals surface area contributed by atoms with Gasteiger partial charge in [0.15, 0.2) is 17.5 Å². The van der Waals surface area contributed by atoms with Crippen LogP contribution in [-0.2, 0) is 0 Å². The first kappa shape index (κ1) is 38.0. The van der Waals surface area contributed by atoms with E-state index < -0.39 is 0 Å². The molecular formula is C61H39N3O. The van der Waals surface area contributed by atoms with E-state index in [1.54, 1.807) is 0 Å². The first-order chi connectivity index (χ1) is 32.2. The number of furan rings is 1. The molecule has 2 aromatic heterocycles. The molecule has 0 atom stereocenters. The van der Waals surface area contributed by atoms with Gasteiger partial charge in [0, 0.05) is 33.0 Å². The molecule has 304 valence electrons. The second-order valence-electron chi connectivity index (χ2n) is 16.3. The molecule has 0 radical (unpaired) electrons. The Morgan fingerprint density at radius 1 is 0.246 bits per heavy atom. The van der Waals surface area contributed by atoms with Crippen molar-refractivity contribution >= 4 is 32.7 Å². The third kappa shape index (κ3) is 7.04. The molecule has 0 saturated heterocycles. The van der Waals surface area contributed by atoms with Crippen molar-refractivity contribution in [2.24, 2.45) is 0 Å². The fourth-order valence-electron chi connectivity index (χ4n) is 9.18. The number of fused-ring (bicyclic) bond motifs is 4. The van der Waals surface area contributed by atoms with Gasteiger partial charge in [-0.3, -0.25) is 0 Å². The summed E-state index contributed by atoms with van der Waals surface area (Å²) in [6.45, 7) is 0. The van der Waals surface area contributed by atoms with Crippen LogP contribution < -0.4 is 0 Å². The van der Waals surface area contributed by atoms with Crippen LogP contribution in [-0.4, -0.2) is 15.0 Å². The maximum Gasteiger partial charge on any atom is 0.164 e. The first-order valence-electron chi connectivity index (χ1n) is 21.9. The van der Waals surface area contributed by atoms with Crippen molar-refractivity contribution < 1.29 is 4.42 Å². The van der Waals surface area contributed by atoms with Gasteiger partial charge >= 0.3 is 0 Å².